The predicted molar refractivity (Wildman–Crippen MR) is 82.7 cm³/mol. The average molecular weight is 284 g/mol. The Morgan fingerprint density at radius 3 is 1.71 bits per heavy atom. The third kappa shape index (κ3) is 2.33. The van der Waals surface area contributed by atoms with Crippen LogP contribution < -0.4 is 14.2 Å². The van der Waals surface area contributed by atoms with Crippen LogP contribution in [0.25, 0.3) is 0 Å². The lowest BCUT2D eigenvalue weighted by Gasteiger charge is -2.31. The highest BCUT2D eigenvalue weighted by Gasteiger charge is 2.30. The second-order valence-corrected chi connectivity index (χ2v) is 5.63. The van der Waals surface area contributed by atoms with Crippen LogP contribution in [-0.4, -0.2) is 14.2 Å². The first kappa shape index (κ1) is 13.8. The molecule has 3 rings (SSSR count). The Morgan fingerprint density at radius 2 is 1.33 bits per heavy atom. The van der Waals surface area contributed by atoms with Crippen molar-refractivity contribution >= 4 is 0 Å². The first-order chi connectivity index (χ1) is 10.1. The number of methoxy groups -OCH3 is 2. The highest BCUT2D eigenvalue weighted by Crippen LogP contribution is 2.49. The van der Waals surface area contributed by atoms with E-state index in [4.69, 9.17) is 14.2 Å². The van der Waals surface area contributed by atoms with Gasteiger partial charge in [-0.15, -0.1) is 0 Å². The minimum absolute atomic E-state index is 0.320. The van der Waals surface area contributed by atoms with Crippen molar-refractivity contribution in [2.75, 3.05) is 14.2 Å². The van der Waals surface area contributed by atoms with Crippen molar-refractivity contribution < 1.29 is 14.2 Å². The van der Waals surface area contributed by atoms with Gasteiger partial charge < -0.3 is 14.2 Å². The number of fused-ring (bicyclic) bond motifs is 2. The van der Waals surface area contributed by atoms with E-state index in [0.717, 1.165) is 23.0 Å². The third-order valence-corrected chi connectivity index (χ3v) is 4.00. The van der Waals surface area contributed by atoms with Crippen LogP contribution in [0.15, 0.2) is 36.4 Å². The molecule has 0 saturated heterocycles. The summed E-state index contributed by atoms with van der Waals surface area (Å²) in [4.78, 5) is 0. The van der Waals surface area contributed by atoms with E-state index in [0.29, 0.717) is 11.8 Å². The zero-order chi connectivity index (χ0) is 15.0. The molecule has 0 amide bonds. The quantitative estimate of drug-likeness (QED) is 0.824. The first-order valence-corrected chi connectivity index (χ1v) is 7.17. The molecule has 3 heteroatoms. The first-order valence-electron chi connectivity index (χ1n) is 7.17. The fourth-order valence-corrected chi connectivity index (χ4v) is 2.98. The molecule has 110 valence electrons. The van der Waals surface area contributed by atoms with Gasteiger partial charge in [-0.05, 0) is 18.1 Å². The Bertz CT molecular complexity index is 608. The molecule has 0 aromatic heterocycles. The summed E-state index contributed by atoms with van der Waals surface area (Å²) in [5, 5.41) is 0. The highest BCUT2D eigenvalue weighted by molar-refractivity contribution is 5.57. The highest BCUT2D eigenvalue weighted by atomic mass is 16.5. The summed E-state index contributed by atoms with van der Waals surface area (Å²) >= 11 is 0. The smallest absolute Gasteiger partial charge is 0.134 e. The molecule has 0 saturated carbocycles. The van der Waals surface area contributed by atoms with E-state index in [2.05, 4.69) is 26.0 Å². The van der Waals surface area contributed by atoms with Crippen molar-refractivity contribution in [1.82, 2.24) is 0 Å². The maximum Gasteiger partial charge on any atom is 0.134 e. The zero-order valence-electron chi connectivity index (χ0n) is 12.8. The van der Waals surface area contributed by atoms with Crippen molar-refractivity contribution in [2.45, 2.75) is 19.8 Å². The molecule has 0 N–H and O–H groups in total. The van der Waals surface area contributed by atoms with Crippen LogP contribution in [0.2, 0.25) is 0 Å². The summed E-state index contributed by atoms with van der Waals surface area (Å²) in [5.41, 5.74) is 2.42. The predicted octanol–water partition coefficient (Wildman–Crippen LogP) is 4.60. The van der Waals surface area contributed by atoms with E-state index in [1.54, 1.807) is 14.2 Å². The van der Waals surface area contributed by atoms with Crippen LogP contribution in [0.1, 0.15) is 30.9 Å². The van der Waals surface area contributed by atoms with E-state index < -0.39 is 0 Å². The molecule has 2 aromatic rings. The SMILES string of the molecule is COc1ccc2c(c1)Oc1cc(OC)ccc1C2C(C)C. The fraction of sp³-hybridized carbons (Fsp3) is 0.333. The molecule has 1 heterocycles. The number of benzene rings is 2. The van der Waals surface area contributed by atoms with Gasteiger partial charge in [-0.2, -0.15) is 0 Å². The van der Waals surface area contributed by atoms with Crippen molar-refractivity contribution in [1.29, 1.82) is 0 Å². The summed E-state index contributed by atoms with van der Waals surface area (Å²) in [7, 11) is 3.34. The van der Waals surface area contributed by atoms with E-state index in [-0.39, 0.29) is 0 Å². The lowest BCUT2D eigenvalue weighted by molar-refractivity contribution is 0.387. The summed E-state index contributed by atoms with van der Waals surface area (Å²) < 4.78 is 16.7. The van der Waals surface area contributed by atoms with Gasteiger partial charge in [0.25, 0.3) is 0 Å². The number of rotatable bonds is 3. The van der Waals surface area contributed by atoms with Gasteiger partial charge >= 0.3 is 0 Å². The van der Waals surface area contributed by atoms with Crippen LogP contribution in [-0.2, 0) is 0 Å². The Hall–Kier alpha value is -2.16. The van der Waals surface area contributed by atoms with Gasteiger partial charge in [0.15, 0.2) is 0 Å². The minimum Gasteiger partial charge on any atom is -0.497 e. The van der Waals surface area contributed by atoms with Crippen molar-refractivity contribution in [3.63, 3.8) is 0 Å². The average Bonchev–Trinajstić information content (AvgIpc) is 2.50. The monoisotopic (exact) mass is 284 g/mol. The third-order valence-electron chi connectivity index (χ3n) is 4.00. The molecular weight excluding hydrogens is 264 g/mol. The number of hydrogen-bond donors (Lipinski definition) is 0. The molecule has 21 heavy (non-hydrogen) atoms. The van der Waals surface area contributed by atoms with Crippen LogP contribution in [0.5, 0.6) is 23.0 Å². The second-order valence-electron chi connectivity index (χ2n) is 5.63. The van der Waals surface area contributed by atoms with Crippen molar-refractivity contribution in [2.24, 2.45) is 5.92 Å². The normalized spacial score (nSPS) is 13.4. The lowest BCUT2D eigenvalue weighted by Crippen LogP contribution is -2.15. The molecule has 3 nitrogen and oxygen atoms in total. The Labute approximate surface area is 125 Å². The number of hydrogen-bond acceptors (Lipinski definition) is 3. The van der Waals surface area contributed by atoms with Gasteiger partial charge in [0.2, 0.25) is 0 Å². The van der Waals surface area contributed by atoms with Gasteiger partial charge in [0.1, 0.15) is 23.0 Å². The molecule has 1 aliphatic heterocycles. The summed E-state index contributed by atoms with van der Waals surface area (Å²) in [5.74, 6) is 4.15. The van der Waals surface area contributed by atoms with E-state index in [1.807, 2.05) is 24.3 Å². The molecule has 0 unspecified atom stereocenters. The Morgan fingerprint density at radius 1 is 0.857 bits per heavy atom. The van der Waals surface area contributed by atoms with Gasteiger partial charge in [-0.3, -0.25) is 0 Å². The van der Waals surface area contributed by atoms with E-state index in [1.165, 1.54) is 11.1 Å². The lowest BCUT2D eigenvalue weighted by atomic mass is 9.80. The van der Waals surface area contributed by atoms with Gasteiger partial charge in [0.05, 0.1) is 14.2 Å². The van der Waals surface area contributed by atoms with E-state index >= 15 is 0 Å². The van der Waals surface area contributed by atoms with Crippen LogP contribution in [0.3, 0.4) is 0 Å². The molecule has 0 aliphatic carbocycles. The van der Waals surface area contributed by atoms with Gasteiger partial charge in [-0.1, -0.05) is 26.0 Å². The molecule has 0 radical (unpaired) electrons. The van der Waals surface area contributed by atoms with Gasteiger partial charge in [0, 0.05) is 29.2 Å². The maximum absolute atomic E-state index is 6.08. The summed E-state index contributed by atoms with van der Waals surface area (Å²) in [6, 6.07) is 12.1. The molecule has 0 fully saturated rings. The van der Waals surface area contributed by atoms with Crippen LogP contribution in [0, 0.1) is 5.92 Å². The molecular formula is C18H20O3. The van der Waals surface area contributed by atoms with Gasteiger partial charge in [-0.25, -0.2) is 0 Å². The molecule has 0 bridgehead atoms. The number of ether oxygens (including phenoxy) is 3. The molecule has 0 atom stereocenters. The topological polar surface area (TPSA) is 27.7 Å². The fourth-order valence-electron chi connectivity index (χ4n) is 2.98. The molecule has 0 spiro atoms. The molecule has 2 aromatic carbocycles. The summed E-state index contributed by atoms with van der Waals surface area (Å²) in [6.07, 6.45) is 0. The zero-order valence-corrected chi connectivity index (χ0v) is 12.8. The van der Waals surface area contributed by atoms with E-state index in [9.17, 15) is 0 Å². The van der Waals surface area contributed by atoms with Crippen LogP contribution in [0.4, 0.5) is 0 Å². The Balaban J connectivity index is 2.14. The molecule has 1 aliphatic rings. The standard InChI is InChI=1S/C18H20O3/c1-11(2)18-14-7-5-12(19-3)9-16(14)21-17-10-13(20-4)6-8-15(17)18/h5-11,18H,1-4H3. The van der Waals surface area contributed by atoms with Crippen LogP contribution >= 0.6 is 0 Å². The largest absolute Gasteiger partial charge is 0.497 e. The van der Waals surface area contributed by atoms with Crippen molar-refractivity contribution in [3.05, 3.63) is 47.5 Å². The maximum atomic E-state index is 6.08. The summed E-state index contributed by atoms with van der Waals surface area (Å²) in [6.45, 7) is 4.47. The minimum atomic E-state index is 0.320. The van der Waals surface area contributed by atoms with Crippen molar-refractivity contribution in [3.8, 4) is 23.0 Å². The Kier molecular flexibility index (Phi) is 3.50. The second kappa shape index (κ2) is 5.32.